The normalized spacial score (nSPS) is 51.9. The fourth-order valence-electron chi connectivity index (χ4n) is 4.56. The average molecular weight is 284 g/mol. The fourth-order valence-corrected chi connectivity index (χ4v) is 4.56. The lowest BCUT2D eigenvalue weighted by Gasteiger charge is -2.55. The molecular weight excluding hydrogens is 260 g/mol. The van der Waals surface area contributed by atoms with Gasteiger partial charge in [-0.1, -0.05) is 13.8 Å². The third kappa shape index (κ3) is 1.83. The van der Waals surface area contributed by atoms with Crippen molar-refractivity contribution in [1.29, 1.82) is 0 Å². The molecule has 0 radical (unpaired) electrons. The van der Waals surface area contributed by atoms with E-state index >= 15 is 0 Å². The van der Waals surface area contributed by atoms with Gasteiger partial charge in [0.1, 0.15) is 0 Å². The molecule has 5 heteroatoms. The first-order valence-electron chi connectivity index (χ1n) is 7.69. The molecule has 1 saturated carbocycles. The van der Waals surface area contributed by atoms with Crippen molar-refractivity contribution in [2.24, 2.45) is 23.7 Å². The van der Waals surface area contributed by atoms with Gasteiger partial charge in [-0.05, 0) is 38.5 Å². The Hall–Kier alpha value is -0.650. The molecule has 3 rings (SSSR count). The maximum absolute atomic E-state index is 12.1. The lowest BCUT2D eigenvalue weighted by atomic mass is 9.58. The van der Waals surface area contributed by atoms with Crippen LogP contribution in [-0.4, -0.2) is 29.2 Å². The highest BCUT2D eigenvalue weighted by Crippen LogP contribution is 2.55. The van der Waals surface area contributed by atoms with Crippen molar-refractivity contribution in [2.45, 2.75) is 64.4 Å². The zero-order chi connectivity index (χ0) is 14.5. The molecule has 0 amide bonds. The second-order valence-corrected chi connectivity index (χ2v) is 6.79. The van der Waals surface area contributed by atoms with Crippen LogP contribution < -0.4 is 0 Å². The van der Waals surface area contributed by atoms with Gasteiger partial charge in [0, 0.05) is 11.8 Å². The molecule has 0 spiro atoms. The number of carbonyl (C=O) groups is 1. The van der Waals surface area contributed by atoms with Gasteiger partial charge in [-0.2, -0.15) is 0 Å². The first-order valence-corrected chi connectivity index (χ1v) is 7.69. The number of hydrogen-bond donors (Lipinski definition) is 1. The third-order valence-corrected chi connectivity index (χ3v) is 5.74. The van der Waals surface area contributed by atoms with E-state index in [0.29, 0.717) is 5.92 Å². The molecular formula is C15H24O5. The van der Waals surface area contributed by atoms with Crippen LogP contribution in [0.3, 0.4) is 0 Å². The Bertz CT molecular complexity index is 398. The molecule has 0 aromatic carbocycles. The number of esters is 1. The van der Waals surface area contributed by atoms with E-state index in [0.717, 1.165) is 25.7 Å². The number of hydrogen-bond acceptors (Lipinski definition) is 5. The quantitative estimate of drug-likeness (QED) is 0.455. The van der Waals surface area contributed by atoms with Gasteiger partial charge in [-0.25, -0.2) is 4.89 Å². The van der Waals surface area contributed by atoms with E-state index in [1.165, 1.54) is 0 Å². The summed E-state index contributed by atoms with van der Waals surface area (Å²) in [6.45, 7) is 6.04. The van der Waals surface area contributed by atoms with E-state index in [-0.39, 0.29) is 29.8 Å². The summed E-state index contributed by atoms with van der Waals surface area (Å²) >= 11 is 0. The van der Waals surface area contributed by atoms with E-state index in [9.17, 15) is 10.1 Å². The van der Waals surface area contributed by atoms with Crippen molar-refractivity contribution in [3.63, 3.8) is 0 Å². The number of rotatable bonds is 1. The Labute approximate surface area is 119 Å². The third-order valence-electron chi connectivity index (χ3n) is 5.74. The van der Waals surface area contributed by atoms with Crippen LogP contribution >= 0.6 is 0 Å². The molecule has 3 aliphatic rings. The summed E-state index contributed by atoms with van der Waals surface area (Å²) in [6.07, 6.45) is 2.97. The zero-order valence-electron chi connectivity index (χ0n) is 12.4. The van der Waals surface area contributed by atoms with Gasteiger partial charge in [-0.3, -0.25) is 10.1 Å². The molecule has 2 saturated heterocycles. The summed E-state index contributed by atoms with van der Waals surface area (Å²) in [7, 11) is 0. The topological polar surface area (TPSA) is 65.0 Å². The second kappa shape index (κ2) is 4.97. The Morgan fingerprint density at radius 3 is 2.55 bits per heavy atom. The number of ether oxygens (including phenoxy) is 2. The summed E-state index contributed by atoms with van der Waals surface area (Å²) in [6, 6.07) is 0. The maximum atomic E-state index is 12.1. The molecule has 20 heavy (non-hydrogen) atoms. The summed E-state index contributed by atoms with van der Waals surface area (Å²) in [5, 5.41) is 9.74. The predicted molar refractivity (Wildman–Crippen MR) is 70.6 cm³/mol. The van der Waals surface area contributed by atoms with Crippen molar-refractivity contribution in [3.8, 4) is 0 Å². The first kappa shape index (κ1) is 14.3. The summed E-state index contributed by atoms with van der Waals surface area (Å²) in [5.41, 5.74) is -0.893. The van der Waals surface area contributed by atoms with Gasteiger partial charge in [-0.15, -0.1) is 0 Å². The molecule has 2 heterocycles. The minimum Gasteiger partial charge on any atom is -0.432 e. The molecule has 3 fully saturated rings. The van der Waals surface area contributed by atoms with Gasteiger partial charge >= 0.3 is 5.97 Å². The summed E-state index contributed by atoms with van der Waals surface area (Å²) in [5.74, 6) is 0.0567. The average Bonchev–Trinajstić information content (AvgIpc) is 2.56. The van der Waals surface area contributed by atoms with E-state index < -0.39 is 11.9 Å². The molecule has 114 valence electrons. The fraction of sp³-hybridized carbons (Fsp3) is 0.933. The van der Waals surface area contributed by atoms with Crippen molar-refractivity contribution >= 4 is 5.97 Å². The van der Waals surface area contributed by atoms with Crippen LogP contribution in [0.15, 0.2) is 0 Å². The first-order chi connectivity index (χ1) is 9.50. The maximum Gasteiger partial charge on any atom is 0.311 e. The molecule has 1 aliphatic carbocycles. The van der Waals surface area contributed by atoms with Gasteiger partial charge in [0.25, 0.3) is 0 Å². The molecule has 1 N–H and O–H groups in total. The van der Waals surface area contributed by atoms with Gasteiger partial charge < -0.3 is 9.47 Å². The standard InChI is InChI=1S/C15H24O5/c1-8-4-6-12-10(3)13(16)19-14-15(12,20-17)11(8)7-5-9(2)18-14/h8-12,14,17H,4-7H2,1-3H3/t8-,9?,10-,11+,12+,14?,15-/m1/s1. The zero-order valence-corrected chi connectivity index (χ0v) is 12.4. The molecule has 0 aromatic heterocycles. The lowest BCUT2D eigenvalue weighted by Crippen LogP contribution is -2.66. The van der Waals surface area contributed by atoms with Gasteiger partial charge in [0.2, 0.25) is 6.29 Å². The van der Waals surface area contributed by atoms with Crippen molar-refractivity contribution in [1.82, 2.24) is 0 Å². The van der Waals surface area contributed by atoms with Crippen LogP contribution in [0.1, 0.15) is 46.5 Å². The Morgan fingerprint density at radius 1 is 1.15 bits per heavy atom. The van der Waals surface area contributed by atoms with Gasteiger partial charge in [0.15, 0.2) is 5.60 Å². The number of carbonyl (C=O) groups excluding carboxylic acids is 1. The van der Waals surface area contributed by atoms with Crippen LogP contribution in [0.5, 0.6) is 0 Å². The molecule has 2 unspecified atom stereocenters. The molecule has 7 atom stereocenters. The van der Waals surface area contributed by atoms with Crippen LogP contribution in [0.25, 0.3) is 0 Å². The van der Waals surface area contributed by atoms with E-state index in [1.54, 1.807) is 0 Å². The largest absolute Gasteiger partial charge is 0.432 e. The lowest BCUT2D eigenvalue weighted by molar-refractivity contribution is -0.424. The molecule has 0 bridgehead atoms. The smallest absolute Gasteiger partial charge is 0.311 e. The Balaban J connectivity index is 2.07. The van der Waals surface area contributed by atoms with Crippen LogP contribution in [0.2, 0.25) is 0 Å². The highest BCUT2D eigenvalue weighted by molar-refractivity contribution is 5.74. The molecule has 5 nitrogen and oxygen atoms in total. The van der Waals surface area contributed by atoms with E-state index in [4.69, 9.17) is 14.4 Å². The van der Waals surface area contributed by atoms with Crippen molar-refractivity contribution in [2.75, 3.05) is 0 Å². The Morgan fingerprint density at radius 2 is 1.85 bits per heavy atom. The monoisotopic (exact) mass is 284 g/mol. The highest BCUT2D eigenvalue weighted by atomic mass is 17.1. The highest BCUT2D eigenvalue weighted by Gasteiger charge is 2.65. The summed E-state index contributed by atoms with van der Waals surface area (Å²) in [4.78, 5) is 17.1. The molecule has 2 aliphatic heterocycles. The van der Waals surface area contributed by atoms with E-state index in [1.807, 2.05) is 13.8 Å². The van der Waals surface area contributed by atoms with Crippen LogP contribution in [0.4, 0.5) is 0 Å². The van der Waals surface area contributed by atoms with Crippen LogP contribution in [-0.2, 0) is 19.2 Å². The van der Waals surface area contributed by atoms with Crippen LogP contribution in [0, 0.1) is 23.7 Å². The van der Waals surface area contributed by atoms with Gasteiger partial charge in [0.05, 0.1) is 12.0 Å². The summed E-state index contributed by atoms with van der Waals surface area (Å²) < 4.78 is 11.4. The second-order valence-electron chi connectivity index (χ2n) is 6.79. The Kier molecular flexibility index (Phi) is 3.55. The van der Waals surface area contributed by atoms with Crippen molar-refractivity contribution < 1.29 is 24.4 Å². The van der Waals surface area contributed by atoms with Crippen molar-refractivity contribution in [3.05, 3.63) is 0 Å². The van der Waals surface area contributed by atoms with E-state index in [2.05, 4.69) is 6.92 Å². The SMILES string of the molecule is CC1CC[C@H]2[C@H](C)CC[C@H]3[C@@H](C)C(=O)OC(O1)[C@@]23OO. The predicted octanol–water partition coefficient (Wildman–Crippen LogP) is 2.60. The molecule has 0 aromatic rings. The minimum absolute atomic E-state index is 0.00619. The minimum atomic E-state index is -0.893.